The number of nitrogens with two attached hydrogens (primary N) is 1. The van der Waals surface area contributed by atoms with Gasteiger partial charge < -0.3 is 10.8 Å². The quantitative estimate of drug-likeness (QED) is 0.755. The first-order valence-electron chi connectivity index (χ1n) is 3.89. The first kappa shape index (κ1) is 10.6. The molecule has 1 rings (SSSR count). The van der Waals surface area contributed by atoms with E-state index in [0.29, 0.717) is 0 Å². The zero-order valence-electron chi connectivity index (χ0n) is 7.15. The highest BCUT2D eigenvalue weighted by Gasteiger charge is 2.25. The van der Waals surface area contributed by atoms with Crippen LogP contribution >= 0.6 is 0 Å². The van der Waals surface area contributed by atoms with Crippen molar-refractivity contribution in [1.82, 2.24) is 0 Å². The molecule has 1 aromatic rings. The second-order valence-electron chi connectivity index (χ2n) is 2.80. The number of carbonyl (C=O) groups excluding carboxylic acids is 1. The SMILES string of the molecule is NC(=O)[C@@H](F)[C@H](O)c1ccc(F)cc1. The molecule has 0 aliphatic heterocycles. The Morgan fingerprint density at radius 1 is 1.36 bits per heavy atom. The van der Waals surface area contributed by atoms with Gasteiger partial charge in [0.05, 0.1) is 0 Å². The molecule has 1 aromatic carbocycles. The number of benzene rings is 1. The third kappa shape index (κ3) is 2.26. The number of alkyl halides is 1. The standard InChI is InChI=1S/C9H9F2NO2/c10-6-3-1-5(2-4-6)8(13)7(11)9(12)14/h1-4,7-8,13H,(H2,12,14)/t7-,8+/m0/s1. The molecule has 3 N–H and O–H groups in total. The molecule has 0 aromatic heterocycles. The summed E-state index contributed by atoms with van der Waals surface area (Å²) in [5.41, 5.74) is 4.77. The molecule has 0 saturated carbocycles. The maximum Gasteiger partial charge on any atom is 0.255 e. The van der Waals surface area contributed by atoms with E-state index < -0.39 is 24.0 Å². The summed E-state index contributed by atoms with van der Waals surface area (Å²) in [6, 6.07) is 4.50. The van der Waals surface area contributed by atoms with E-state index in [1.54, 1.807) is 0 Å². The van der Waals surface area contributed by atoms with Crippen molar-refractivity contribution in [2.75, 3.05) is 0 Å². The summed E-state index contributed by atoms with van der Waals surface area (Å²) in [5, 5.41) is 9.25. The Labute approximate surface area is 79.2 Å². The second-order valence-corrected chi connectivity index (χ2v) is 2.80. The minimum Gasteiger partial charge on any atom is -0.385 e. The van der Waals surface area contributed by atoms with Crippen LogP contribution in [0, 0.1) is 5.82 Å². The predicted octanol–water partition coefficient (Wildman–Crippen LogP) is 0.683. The zero-order chi connectivity index (χ0) is 10.7. The summed E-state index contributed by atoms with van der Waals surface area (Å²) in [6.45, 7) is 0. The topological polar surface area (TPSA) is 63.3 Å². The van der Waals surface area contributed by atoms with Crippen molar-refractivity contribution in [3.05, 3.63) is 35.6 Å². The van der Waals surface area contributed by atoms with Gasteiger partial charge in [0.25, 0.3) is 5.91 Å². The van der Waals surface area contributed by atoms with Crippen molar-refractivity contribution in [1.29, 1.82) is 0 Å². The Morgan fingerprint density at radius 2 is 1.86 bits per heavy atom. The first-order valence-corrected chi connectivity index (χ1v) is 3.89. The second kappa shape index (κ2) is 4.15. The van der Waals surface area contributed by atoms with Crippen LogP contribution in [-0.2, 0) is 4.79 Å². The highest BCUT2D eigenvalue weighted by Crippen LogP contribution is 2.19. The van der Waals surface area contributed by atoms with Gasteiger partial charge in [0.15, 0.2) is 0 Å². The van der Waals surface area contributed by atoms with Crippen LogP contribution in [0.25, 0.3) is 0 Å². The van der Waals surface area contributed by atoms with Gasteiger partial charge >= 0.3 is 0 Å². The van der Waals surface area contributed by atoms with Gasteiger partial charge in [0.2, 0.25) is 6.17 Å². The third-order valence-corrected chi connectivity index (χ3v) is 1.76. The molecule has 14 heavy (non-hydrogen) atoms. The van der Waals surface area contributed by atoms with Crippen LogP contribution < -0.4 is 5.73 Å². The molecule has 0 spiro atoms. The van der Waals surface area contributed by atoms with E-state index in [1.807, 2.05) is 0 Å². The van der Waals surface area contributed by atoms with Crippen LogP contribution in [0.1, 0.15) is 11.7 Å². The summed E-state index contributed by atoms with van der Waals surface area (Å²) in [4.78, 5) is 10.4. The molecule has 0 aliphatic carbocycles. The van der Waals surface area contributed by atoms with Crippen LogP contribution in [-0.4, -0.2) is 17.2 Å². The van der Waals surface area contributed by atoms with Crippen LogP contribution in [0.2, 0.25) is 0 Å². The lowest BCUT2D eigenvalue weighted by Crippen LogP contribution is -2.30. The number of aliphatic hydroxyl groups is 1. The Hall–Kier alpha value is -1.49. The van der Waals surface area contributed by atoms with Crippen molar-refractivity contribution in [3.8, 4) is 0 Å². The molecule has 0 aliphatic rings. The van der Waals surface area contributed by atoms with E-state index in [4.69, 9.17) is 0 Å². The number of rotatable bonds is 3. The summed E-state index contributed by atoms with van der Waals surface area (Å²) in [6.07, 6.45) is -3.83. The number of aliphatic hydroxyl groups excluding tert-OH is 1. The van der Waals surface area contributed by atoms with Gasteiger partial charge in [-0.2, -0.15) is 0 Å². The zero-order valence-corrected chi connectivity index (χ0v) is 7.15. The molecule has 0 radical (unpaired) electrons. The molecule has 5 heteroatoms. The molecular weight excluding hydrogens is 192 g/mol. The molecule has 2 atom stereocenters. The fourth-order valence-electron chi connectivity index (χ4n) is 0.985. The molecule has 0 saturated heterocycles. The summed E-state index contributed by atoms with van der Waals surface area (Å²) in [5.74, 6) is -1.75. The number of hydrogen-bond acceptors (Lipinski definition) is 2. The highest BCUT2D eigenvalue weighted by molar-refractivity contribution is 5.79. The number of hydrogen-bond donors (Lipinski definition) is 2. The van der Waals surface area contributed by atoms with Crippen LogP contribution in [0.4, 0.5) is 8.78 Å². The highest BCUT2D eigenvalue weighted by atomic mass is 19.1. The van der Waals surface area contributed by atoms with E-state index in [9.17, 15) is 18.7 Å². The van der Waals surface area contributed by atoms with Gasteiger partial charge in [-0.25, -0.2) is 8.78 Å². The van der Waals surface area contributed by atoms with E-state index in [1.165, 1.54) is 12.1 Å². The Balaban J connectivity index is 2.84. The number of carbonyl (C=O) groups is 1. The normalized spacial score (nSPS) is 14.8. The molecule has 76 valence electrons. The maximum absolute atomic E-state index is 12.9. The molecule has 3 nitrogen and oxygen atoms in total. The lowest BCUT2D eigenvalue weighted by atomic mass is 10.1. The molecular formula is C9H9F2NO2. The van der Waals surface area contributed by atoms with E-state index in [2.05, 4.69) is 5.73 Å². The molecule has 0 bridgehead atoms. The van der Waals surface area contributed by atoms with Crippen molar-refractivity contribution in [2.45, 2.75) is 12.3 Å². The van der Waals surface area contributed by atoms with Crippen molar-refractivity contribution >= 4 is 5.91 Å². The fourth-order valence-corrected chi connectivity index (χ4v) is 0.985. The average Bonchev–Trinajstić information content (AvgIpc) is 2.16. The number of halogens is 2. The maximum atomic E-state index is 12.9. The van der Waals surface area contributed by atoms with Gasteiger partial charge in [-0.1, -0.05) is 12.1 Å². The largest absolute Gasteiger partial charge is 0.385 e. The molecule has 0 fully saturated rings. The fraction of sp³-hybridized carbons (Fsp3) is 0.222. The average molecular weight is 201 g/mol. The van der Waals surface area contributed by atoms with Gasteiger partial charge in [0.1, 0.15) is 11.9 Å². The lowest BCUT2D eigenvalue weighted by Gasteiger charge is -2.12. The Bertz CT molecular complexity index is 326. The predicted molar refractivity (Wildman–Crippen MR) is 45.5 cm³/mol. The molecule has 0 unspecified atom stereocenters. The summed E-state index contributed by atoms with van der Waals surface area (Å²) >= 11 is 0. The van der Waals surface area contributed by atoms with Crippen LogP contribution in [0.5, 0.6) is 0 Å². The third-order valence-electron chi connectivity index (χ3n) is 1.76. The Kier molecular flexibility index (Phi) is 3.14. The smallest absolute Gasteiger partial charge is 0.255 e. The summed E-state index contributed by atoms with van der Waals surface area (Å²) in [7, 11) is 0. The monoisotopic (exact) mass is 201 g/mol. The van der Waals surface area contributed by atoms with Gasteiger partial charge in [-0.05, 0) is 17.7 Å². The summed E-state index contributed by atoms with van der Waals surface area (Å²) < 4.78 is 25.3. The van der Waals surface area contributed by atoms with Crippen molar-refractivity contribution in [3.63, 3.8) is 0 Å². The van der Waals surface area contributed by atoms with E-state index >= 15 is 0 Å². The minimum absolute atomic E-state index is 0.109. The van der Waals surface area contributed by atoms with Gasteiger partial charge in [-0.3, -0.25) is 4.79 Å². The van der Waals surface area contributed by atoms with Crippen LogP contribution in [0.3, 0.4) is 0 Å². The molecule has 1 amide bonds. The van der Waals surface area contributed by atoms with Crippen LogP contribution in [0.15, 0.2) is 24.3 Å². The Morgan fingerprint density at radius 3 is 2.29 bits per heavy atom. The van der Waals surface area contributed by atoms with Gasteiger partial charge in [-0.15, -0.1) is 0 Å². The van der Waals surface area contributed by atoms with E-state index in [-0.39, 0.29) is 5.56 Å². The van der Waals surface area contributed by atoms with Crippen molar-refractivity contribution in [2.24, 2.45) is 5.73 Å². The van der Waals surface area contributed by atoms with Gasteiger partial charge in [0, 0.05) is 0 Å². The van der Waals surface area contributed by atoms with Crippen molar-refractivity contribution < 1.29 is 18.7 Å². The first-order chi connectivity index (χ1) is 6.52. The number of amides is 1. The lowest BCUT2D eigenvalue weighted by molar-refractivity contribution is -0.126. The molecule has 0 heterocycles. The van der Waals surface area contributed by atoms with E-state index in [0.717, 1.165) is 12.1 Å². The minimum atomic E-state index is -2.18. The number of primary amides is 1.